The van der Waals surface area contributed by atoms with E-state index in [0.717, 1.165) is 13.0 Å². The van der Waals surface area contributed by atoms with Crippen molar-refractivity contribution in [2.24, 2.45) is 5.73 Å². The quantitative estimate of drug-likeness (QED) is 0.584. The van der Waals surface area contributed by atoms with Gasteiger partial charge in [0.2, 0.25) is 0 Å². The Hall–Kier alpha value is -0.340. The lowest BCUT2D eigenvalue weighted by molar-refractivity contribution is 0.220. The van der Waals surface area contributed by atoms with Crippen molar-refractivity contribution in [3.8, 4) is 0 Å². The fourth-order valence-corrected chi connectivity index (χ4v) is 1.34. The second-order valence-electron chi connectivity index (χ2n) is 2.81. The van der Waals surface area contributed by atoms with Crippen molar-refractivity contribution in [2.45, 2.75) is 25.3 Å². The molecule has 0 aromatic heterocycles. The highest BCUT2D eigenvalue weighted by Gasteiger charge is 2.08. The molecule has 58 valence electrons. The first-order valence-electron chi connectivity index (χ1n) is 3.77. The van der Waals surface area contributed by atoms with Gasteiger partial charge in [-0.05, 0) is 24.8 Å². The zero-order valence-electron chi connectivity index (χ0n) is 6.47. The molecule has 10 heavy (non-hydrogen) atoms. The number of hydrogen-bond donors (Lipinski definition) is 1. The monoisotopic (exact) mass is 141 g/mol. The minimum Gasteiger partial charge on any atom is -0.380 e. The molecule has 0 spiro atoms. The third-order valence-electron chi connectivity index (χ3n) is 1.81. The van der Waals surface area contributed by atoms with Crippen LogP contribution < -0.4 is 5.73 Å². The largest absolute Gasteiger partial charge is 0.380 e. The van der Waals surface area contributed by atoms with E-state index in [2.05, 4.69) is 6.08 Å². The Bertz CT molecular complexity index is 131. The number of ether oxygens (including phenoxy) is 1. The van der Waals surface area contributed by atoms with Gasteiger partial charge < -0.3 is 10.5 Å². The van der Waals surface area contributed by atoms with E-state index in [1.54, 1.807) is 7.11 Å². The molecular weight excluding hydrogens is 126 g/mol. The lowest BCUT2D eigenvalue weighted by atomic mass is 9.97. The summed E-state index contributed by atoms with van der Waals surface area (Å²) in [5.74, 6) is 0. The van der Waals surface area contributed by atoms with Crippen LogP contribution in [0.3, 0.4) is 0 Å². The predicted molar refractivity (Wildman–Crippen MR) is 41.8 cm³/mol. The Balaban J connectivity index is 2.41. The van der Waals surface area contributed by atoms with E-state index < -0.39 is 0 Å². The Morgan fingerprint density at radius 3 is 3.20 bits per heavy atom. The summed E-state index contributed by atoms with van der Waals surface area (Å²) in [6, 6.07) is 0.277. The van der Waals surface area contributed by atoms with Gasteiger partial charge >= 0.3 is 0 Å². The van der Waals surface area contributed by atoms with E-state index in [-0.39, 0.29) is 6.04 Å². The Morgan fingerprint density at radius 1 is 1.80 bits per heavy atom. The molecule has 1 aliphatic carbocycles. The van der Waals surface area contributed by atoms with Gasteiger partial charge in [-0.3, -0.25) is 0 Å². The van der Waals surface area contributed by atoms with Crippen molar-refractivity contribution in [3.05, 3.63) is 11.6 Å². The first kappa shape index (κ1) is 7.76. The summed E-state index contributed by atoms with van der Waals surface area (Å²) in [7, 11) is 1.72. The van der Waals surface area contributed by atoms with Crippen molar-refractivity contribution in [1.29, 1.82) is 0 Å². The topological polar surface area (TPSA) is 35.2 Å². The van der Waals surface area contributed by atoms with Crippen molar-refractivity contribution >= 4 is 0 Å². The number of rotatable bonds is 2. The maximum absolute atomic E-state index is 5.72. The maximum Gasteiger partial charge on any atom is 0.0673 e. The molecular formula is C8H15NO. The summed E-state index contributed by atoms with van der Waals surface area (Å²) in [4.78, 5) is 0. The average molecular weight is 141 g/mol. The van der Waals surface area contributed by atoms with Gasteiger partial charge in [0.05, 0.1) is 6.61 Å². The minimum absolute atomic E-state index is 0.277. The molecule has 0 amide bonds. The van der Waals surface area contributed by atoms with Crippen LogP contribution in [0.5, 0.6) is 0 Å². The van der Waals surface area contributed by atoms with Crippen LogP contribution in [-0.2, 0) is 4.74 Å². The first-order valence-corrected chi connectivity index (χ1v) is 3.77. The SMILES string of the molecule is COCC1=CC(N)CCC1. The van der Waals surface area contributed by atoms with Gasteiger partial charge in [0.1, 0.15) is 0 Å². The summed E-state index contributed by atoms with van der Waals surface area (Å²) in [6.45, 7) is 0.758. The highest BCUT2D eigenvalue weighted by molar-refractivity contribution is 5.10. The normalized spacial score (nSPS) is 26.2. The standard InChI is InChI=1S/C8H15NO/c1-10-6-7-3-2-4-8(9)5-7/h5,8H,2-4,6,9H2,1H3. The van der Waals surface area contributed by atoms with Crippen LogP contribution in [0.1, 0.15) is 19.3 Å². The van der Waals surface area contributed by atoms with Gasteiger partial charge in [-0.2, -0.15) is 0 Å². The zero-order valence-corrected chi connectivity index (χ0v) is 6.47. The van der Waals surface area contributed by atoms with Gasteiger partial charge in [0.15, 0.2) is 0 Å². The van der Waals surface area contributed by atoms with Crippen molar-refractivity contribution < 1.29 is 4.74 Å². The predicted octanol–water partition coefficient (Wildman–Crippen LogP) is 1.07. The summed E-state index contributed by atoms with van der Waals surface area (Å²) >= 11 is 0. The van der Waals surface area contributed by atoms with E-state index in [0.29, 0.717) is 0 Å². The molecule has 1 aliphatic rings. The molecule has 0 fully saturated rings. The number of methoxy groups -OCH3 is 1. The molecule has 0 aromatic carbocycles. The van der Waals surface area contributed by atoms with E-state index >= 15 is 0 Å². The second kappa shape index (κ2) is 3.74. The molecule has 0 saturated heterocycles. The van der Waals surface area contributed by atoms with E-state index in [9.17, 15) is 0 Å². The lowest BCUT2D eigenvalue weighted by Gasteiger charge is -2.16. The minimum atomic E-state index is 0.277. The fraction of sp³-hybridized carbons (Fsp3) is 0.750. The van der Waals surface area contributed by atoms with Crippen LogP contribution in [0.25, 0.3) is 0 Å². The number of hydrogen-bond acceptors (Lipinski definition) is 2. The molecule has 0 saturated carbocycles. The van der Waals surface area contributed by atoms with Crippen LogP contribution in [0.4, 0.5) is 0 Å². The van der Waals surface area contributed by atoms with Gasteiger partial charge in [0, 0.05) is 13.2 Å². The Labute approximate surface area is 62.1 Å². The molecule has 1 unspecified atom stereocenters. The van der Waals surface area contributed by atoms with Crippen LogP contribution in [0.15, 0.2) is 11.6 Å². The lowest BCUT2D eigenvalue weighted by Crippen LogP contribution is -2.21. The molecule has 0 heterocycles. The van der Waals surface area contributed by atoms with Crippen molar-refractivity contribution in [2.75, 3.05) is 13.7 Å². The summed E-state index contributed by atoms with van der Waals surface area (Å²) in [5.41, 5.74) is 7.09. The van der Waals surface area contributed by atoms with Gasteiger partial charge in [-0.15, -0.1) is 0 Å². The summed E-state index contributed by atoms with van der Waals surface area (Å²) in [6.07, 6.45) is 5.65. The highest BCUT2D eigenvalue weighted by atomic mass is 16.5. The highest BCUT2D eigenvalue weighted by Crippen LogP contribution is 2.16. The van der Waals surface area contributed by atoms with Crippen LogP contribution >= 0.6 is 0 Å². The molecule has 2 nitrogen and oxygen atoms in total. The van der Waals surface area contributed by atoms with E-state index in [4.69, 9.17) is 10.5 Å². The van der Waals surface area contributed by atoms with Crippen molar-refractivity contribution in [3.63, 3.8) is 0 Å². The molecule has 0 radical (unpaired) electrons. The molecule has 1 rings (SSSR count). The van der Waals surface area contributed by atoms with E-state index in [1.807, 2.05) is 0 Å². The third-order valence-corrected chi connectivity index (χ3v) is 1.81. The van der Waals surface area contributed by atoms with Crippen LogP contribution in [0, 0.1) is 0 Å². The van der Waals surface area contributed by atoms with Gasteiger partial charge in [0.25, 0.3) is 0 Å². The fourth-order valence-electron chi connectivity index (χ4n) is 1.34. The van der Waals surface area contributed by atoms with Gasteiger partial charge in [-0.1, -0.05) is 6.08 Å². The molecule has 1 atom stereocenters. The average Bonchev–Trinajstić information content (AvgIpc) is 1.88. The summed E-state index contributed by atoms with van der Waals surface area (Å²) in [5, 5.41) is 0. The number of nitrogens with two attached hydrogens (primary N) is 1. The Kier molecular flexibility index (Phi) is 2.90. The van der Waals surface area contributed by atoms with Crippen LogP contribution in [-0.4, -0.2) is 19.8 Å². The van der Waals surface area contributed by atoms with Crippen LogP contribution in [0.2, 0.25) is 0 Å². The Morgan fingerprint density at radius 2 is 2.60 bits per heavy atom. The van der Waals surface area contributed by atoms with E-state index in [1.165, 1.54) is 18.4 Å². The smallest absolute Gasteiger partial charge is 0.0673 e. The second-order valence-corrected chi connectivity index (χ2v) is 2.81. The van der Waals surface area contributed by atoms with Gasteiger partial charge in [-0.25, -0.2) is 0 Å². The summed E-state index contributed by atoms with van der Waals surface area (Å²) < 4.78 is 5.01. The third kappa shape index (κ3) is 2.12. The van der Waals surface area contributed by atoms with Crippen molar-refractivity contribution in [1.82, 2.24) is 0 Å². The first-order chi connectivity index (χ1) is 4.83. The molecule has 2 heteroatoms. The molecule has 2 N–H and O–H groups in total. The maximum atomic E-state index is 5.72. The molecule has 0 bridgehead atoms. The zero-order chi connectivity index (χ0) is 7.40. The molecule has 0 aliphatic heterocycles. The molecule has 0 aromatic rings.